The molecule has 4 rings (SSSR count). The van der Waals surface area contributed by atoms with Crippen molar-refractivity contribution in [3.05, 3.63) is 96.6 Å². The Labute approximate surface area is 206 Å². The van der Waals surface area contributed by atoms with Gasteiger partial charge in [-0.05, 0) is 32.0 Å². The lowest BCUT2D eigenvalue weighted by molar-refractivity contribution is -0.186. The third-order valence-electron chi connectivity index (χ3n) is 6.68. The molecule has 3 aromatic rings. The molecule has 1 saturated heterocycles. The number of hydrogen-bond acceptors (Lipinski definition) is 3. The van der Waals surface area contributed by atoms with Crippen LogP contribution in [0.15, 0.2) is 91.0 Å². The van der Waals surface area contributed by atoms with E-state index in [0.29, 0.717) is 0 Å². The largest absolute Gasteiger partial charge is 0.387 e. The first-order chi connectivity index (χ1) is 16.2. The van der Waals surface area contributed by atoms with Gasteiger partial charge in [0.2, 0.25) is 0 Å². The SMILES string of the molecule is CCC[C@@H]1O[C@](O[Si](C)(C)C)(c2ccccc2)[C@@H](P(=O)(c2ccccc2)c2ccccc2)[C@H]1C. The molecule has 3 aromatic carbocycles. The molecule has 5 heteroatoms. The summed E-state index contributed by atoms with van der Waals surface area (Å²) in [6.07, 6.45) is 1.87. The summed E-state index contributed by atoms with van der Waals surface area (Å²) in [6.45, 7) is 11.0. The highest BCUT2D eigenvalue weighted by atomic mass is 31.2. The fourth-order valence-corrected chi connectivity index (χ4v) is 10.5. The van der Waals surface area contributed by atoms with E-state index in [2.05, 4.69) is 45.6 Å². The molecule has 0 aromatic heterocycles. The molecular weight excluding hydrogens is 455 g/mol. The summed E-state index contributed by atoms with van der Waals surface area (Å²) in [6, 6.07) is 30.2. The average Bonchev–Trinajstić information content (AvgIpc) is 3.11. The molecular formula is C29H37O3PSi. The van der Waals surface area contributed by atoms with E-state index in [9.17, 15) is 0 Å². The summed E-state index contributed by atoms with van der Waals surface area (Å²) in [5, 5.41) is 1.72. The van der Waals surface area contributed by atoms with Gasteiger partial charge in [-0.1, -0.05) is 111 Å². The zero-order chi connectivity index (χ0) is 24.4. The molecule has 0 N–H and O–H groups in total. The first-order valence-corrected chi connectivity index (χ1v) is 17.6. The maximum atomic E-state index is 15.7. The van der Waals surface area contributed by atoms with Crippen molar-refractivity contribution in [1.82, 2.24) is 0 Å². The molecule has 0 unspecified atom stereocenters. The van der Waals surface area contributed by atoms with Crippen LogP contribution in [0.2, 0.25) is 19.6 Å². The molecule has 4 atom stereocenters. The Hall–Kier alpha value is -1.97. The van der Waals surface area contributed by atoms with E-state index in [1.807, 2.05) is 78.9 Å². The van der Waals surface area contributed by atoms with Gasteiger partial charge in [-0.2, -0.15) is 0 Å². The normalized spacial score (nSPS) is 25.4. The van der Waals surface area contributed by atoms with Crippen molar-refractivity contribution >= 4 is 26.1 Å². The lowest BCUT2D eigenvalue weighted by Crippen LogP contribution is -2.50. The van der Waals surface area contributed by atoms with Crippen LogP contribution in [0.4, 0.5) is 0 Å². The highest BCUT2D eigenvalue weighted by molar-refractivity contribution is 7.79. The van der Waals surface area contributed by atoms with Gasteiger partial charge in [-0.25, -0.2) is 0 Å². The van der Waals surface area contributed by atoms with E-state index in [-0.39, 0.29) is 17.7 Å². The standard InChI is InChI=1S/C29H37O3PSi/c1-6-16-27-23(2)28(29(31-27,32-34(3,4)5)24-17-10-7-11-18-24)33(30,25-19-12-8-13-20-25)26-21-14-9-15-22-26/h7-15,17-23,27-28H,6,16H2,1-5H3/t23-,27-,28-,29-/m0/s1. The Morgan fingerprint density at radius 3 is 1.76 bits per heavy atom. The van der Waals surface area contributed by atoms with Gasteiger partial charge in [-0.3, -0.25) is 0 Å². The molecule has 34 heavy (non-hydrogen) atoms. The first-order valence-electron chi connectivity index (χ1n) is 12.4. The molecule has 3 nitrogen and oxygen atoms in total. The van der Waals surface area contributed by atoms with Crippen LogP contribution in [0, 0.1) is 5.92 Å². The van der Waals surface area contributed by atoms with Crippen LogP contribution >= 0.6 is 7.14 Å². The summed E-state index contributed by atoms with van der Waals surface area (Å²) in [5.41, 5.74) is 0.607. The van der Waals surface area contributed by atoms with E-state index in [4.69, 9.17) is 9.16 Å². The van der Waals surface area contributed by atoms with E-state index >= 15 is 4.57 Å². The van der Waals surface area contributed by atoms with Gasteiger partial charge < -0.3 is 13.7 Å². The molecule has 0 bridgehead atoms. The second-order valence-electron chi connectivity index (χ2n) is 10.3. The van der Waals surface area contributed by atoms with Crippen LogP contribution in [-0.4, -0.2) is 20.1 Å². The average molecular weight is 493 g/mol. The van der Waals surface area contributed by atoms with E-state index < -0.39 is 21.2 Å². The molecule has 0 spiro atoms. The van der Waals surface area contributed by atoms with Gasteiger partial charge in [0.15, 0.2) is 21.2 Å². The van der Waals surface area contributed by atoms with Crippen LogP contribution in [0.25, 0.3) is 0 Å². The van der Waals surface area contributed by atoms with E-state index in [1.54, 1.807) is 0 Å². The predicted octanol–water partition coefficient (Wildman–Crippen LogP) is 6.91. The lowest BCUT2D eigenvalue weighted by atomic mass is 9.93. The Kier molecular flexibility index (Phi) is 7.35. The van der Waals surface area contributed by atoms with E-state index in [1.165, 1.54) is 0 Å². The lowest BCUT2D eigenvalue weighted by Gasteiger charge is -2.43. The summed E-state index contributed by atoms with van der Waals surface area (Å²) >= 11 is 0. The van der Waals surface area contributed by atoms with Crippen molar-refractivity contribution in [2.45, 2.75) is 63.9 Å². The first kappa shape index (κ1) is 25.1. The van der Waals surface area contributed by atoms with Crippen LogP contribution in [0.5, 0.6) is 0 Å². The molecule has 0 aliphatic carbocycles. The Balaban J connectivity index is 2.05. The van der Waals surface area contributed by atoms with Crippen molar-refractivity contribution in [2.24, 2.45) is 5.92 Å². The molecule has 1 aliphatic heterocycles. The van der Waals surface area contributed by atoms with Crippen molar-refractivity contribution in [2.75, 3.05) is 0 Å². The van der Waals surface area contributed by atoms with Gasteiger partial charge in [-0.15, -0.1) is 0 Å². The van der Waals surface area contributed by atoms with Crippen molar-refractivity contribution < 1.29 is 13.7 Å². The minimum atomic E-state index is -3.19. The van der Waals surface area contributed by atoms with Gasteiger partial charge >= 0.3 is 0 Å². The van der Waals surface area contributed by atoms with Crippen LogP contribution in [0.3, 0.4) is 0 Å². The highest BCUT2D eigenvalue weighted by Crippen LogP contribution is 2.64. The van der Waals surface area contributed by atoms with Crippen LogP contribution in [-0.2, 0) is 19.5 Å². The minimum Gasteiger partial charge on any atom is -0.387 e. The van der Waals surface area contributed by atoms with Gasteiger partial charge in [0.25, 0.3) is 0 Å². The highest BCUT2D eigenvalue weighted by Gasteiger charge is 2.63. The number of ether oxygens (including phenoxy) is 1. The summed E-state index contributed by atoms with van der Waals surface area (Å²) < 4.78 is 29.8. The minimum absolute atomic E-state index is 0.0349. The fraction of sp³-hybridized carbons (Fsp3) is 0.379. The molecule has 0 radical (unpaired) electrons. The molecule has 180 valence electrons. The third kappa shape index (κ3) is 4.62. The van der Waals surface area contributed by atoms with Crippen molar-refractivity contribution in [3.63, 3.8) is 0 Å². The zero-order valence-electron chi connectivity index (χ0n) is 21.0. The van der Waals surface area contributed by atoms with Gasteiger partial charge in [0, 0.05) is 16.2 Å². The Morgan fingerprint density at radius 2 is 1.32 bits per heavy atom. The molecule has 0 amide bonds. The van der Waals surface area contributed by atoms with E-state index in [0.717, 1.165) is 29.0 Å². The predicted molar refractivity (Wildman–Crippen MR) is 145 cm³/mol. The molecule has 1 fully saturated rings. The quantitative estimate of drug-likeness (QED) is 0.253. The van der Waals surface area contributed by atoms with Gasteiger partial charge in [0.05, 0.1) is 11.8 Å². The maximum Gasteiger partial charge on any atom is 0.196 e. The van der Waals surface area contributed by atoms with Gasteiger partial charge in [0.1, 0.15) is 0 Å². The second kappa shape index (κ2) is 9.95. The summed E-state index contributed by atoms with van der Waals surface area (Å²) in [4.78, 5) is 0. The molecule has 1 heterocycles. The molecule has 1 aliphatic rings. The summed E-state index contributed by atoms with van der Waals surface area (Å²) in [5.74, 6) is -1.03. The Morgan fingerprint density at radius 1 is 0.853 bits per heavy atom. The molecule has 0 saturated carbocycles. The number of hydrogen-bond donors (Lipinski definition) is 0. The van der Waals surface area contributed by atoms with Crippen molar-refractivity contribution in [1.29, 1.82) is 0 Å². The number of benzene rings is 3. The smallest absolute Gasteiger partial charge is 0.196 e. The number of rotatable bonds is 8. The maximum absolute atomic E-state index is 15.7. The topological polar surface area (TPSA) is 35.5 Å². The van der Waals surface area contributed by atoms with Crippen LogP contribution < -0.4 is 10.6 Å². The van der Waals surface area contributed by atoms with Crippen LogP contribution in [0.1, 0.15) is 32.3 Å². The zero-order valence-corrected chi connectivity index (χ0v) is 22.9. The monoisotopic (exact) mass is 492 g/mol. The fourth-order valence-electron chi connectivity index (χ4n) is 5.40. The summed E-state index contributed by atoms with van der Waals surface area (Å²) in [7, 11) is -5.32. The van der Waals surface area contributed by atoms with Crippen molar-refractivity contribution in [3.8, 4) is 0 Å². The second-order valence-corrected chi connectivity index (χ2v) is 17.7. The third-order valence-corrected chi connectivity index (χ3v) is 11.3. The Bertz CT molecular complexity index is 1070.